The van der Waals surface area contributed by atoms with Crippen LogP contribution in [0, 0.1) is 5.82 Å². The predicted octanol–water partition coefficient (Wildman–Crippen LogP) is 2.44. The van der Waals surface area contributed by atoms with Crippen LogP contribution in [0.3, 0.4) is 0 Å². The lowest BCUT2D eigenvalue weighted by Gasteiger charge is -2.05. The number of pyridine rings is 1. The molecule has 0 aliphatic rings. The SMILES string of the molecule is O=C(O)Cc1cnc(C(F)F)c(F)c1Cl. The van der Waals surface area contributed by atoms with E-state index in [0.29, 0.717) is 0 Å². The number of hydrogen-bond acceptors (Lipinski definition) is 2. The van der Waals surface area contributed by atoms with Gasteiger partial charge in [-0.15, -0.1) is 0 Å². The molecule has 0 aliphatic carbocycles. The number of carbonyl (C=O) groups is 1. The Morgan fingerprint density at radius 1 is 1.60 bits per heavy atom. The average molecular weight is 240 g/mol. The van der Waals surface area contributed by atoms with Crippen molar-refractivity contribution in [1.29, 1.82) is 0 Å². The van der Waals surface area contributed by atoms with E-state index < -0.39 is 35.3 Å². The van der Waals surface area contributed by atoms with E-state index in [1.807, 2.05) is 0 Å². The van der Waals surface area contributed by atoms with E-state index in [1.54, 1.807) is 0 Å². The molecule has 1 rings (SSSR count). The molecule has 0 saturated heterocycles. The molecule has 1 aromatic heterocycles. The van der Waals surface area contributed by atoms with Crippen LogP contribution in [0.5, 0.6) is 0 Å². The van der Waals surface area contributed by atoms with Crippen LogP contribution >= 0.6 is 11.6 Å². The first kappa shape index (κ1) is 11.8. The van der Waals surface area contributed by atoms with E-state index in [-0.39, 0.29) is 5.56 Å². The van der Waals surface area contributed by atoms with Crippen molar-refractivity contribution in [2.45, 2.75) is 12.8 Å². The number of aliphatic carboxylic acids is 1. The molecule has 15 heavy (non-hydrogen) atoms. The summed E-state index contributed by atoms with van der Waals surface area (Å²) >= 11 is 5.37. The molecule has 0 bridgehead atoms. The third kappa shape index (κ3) is 2.59. The fraction of sp³-hybridized carbons (Fsp3) is 0.250. The highest BCUT2D eigenvalue weighted by Crippen LogP contribution is 2.27. The number of carboxylic acids is 1. The third-order valence-corrected chi connectivity index (χ3v) is 2.02. The summed E-state index contributed by atoms with van der Waals surface area (Å²) in [6, 6.07) is 0. The van der Waals surface area contributed by atoms with Crippen LogP contribution in [0.25, 0.3) is 0 Å². The fourth-order valence-corrected chi connectivity index (χ4v) is 1.16. The summed E-state index contributed by atoms with van der Waals surface area (Å²) in [6.07, 6.45) is -2.81. The van der Waals surface area contributed by atoms with E-state index in [1.165, 1.54) is 0 Å². The number of rotatable bonds is 3. The summed E-state index contributed by atoms with van der Waals surface area (Å²) in [5.74, 6) is -2.62. The summed E-state index contributed by atoms with van der Waals surface area (Å²) in [4.78, 5) is 13.4. The van der Waals surface area contributed by atoms with Crippen molar-refractivity contribution in [3.8, 4) is 0 Å². The van der Waals surface area contributed by atoms with Crippen molar-refractivity contribution < 1.29 is 23.1 Å². The summed E-state index contributed by atoms with van der Waals surface area (Å²) in [5, 5.41) is 7.78. The maximum absolute atomic E-state index is 13.1. The van der Waals surface area contributed by atoms with Gasteiger partial charge in [0.25, 0.3) is 6.43 Å². The maximum Gasteiger partial charge on any atom is 0.307 e. The molecule has 82 valence electrons. The number of nitrogens with zero attached hydrogens (tertiary/aromatic N) is 1. The summed E-state index contributed by atoms with van der Waals surface area (Å²) in [7, 11) is 0. The van der Waals surface area contributed by atoms with Gasteiger partial charge in [-0.1, -0.05) is 11.6 Å². The first-order chi connectivity index (χ1) is 6.93. The number of carboxylic acid groups (broad SMARTS) is 1. The highest BCUT2D eigenvalue weighted by Gasteiger charge is 2.20. The minimum atomic E-state index is -3.08. The molecule has 0 aromatic carbocycles. The predicted molar refractivity (Wildman–Crippen MR) is 45.5 cm³/mol. The first-order valence-electron chi connectivity index (χ1n) is 3.76. The minimum absolute atomic E-state index is 0.133. The molecule has 0 saturated carbocycles. The summed E-state index contributed by atoms with van der Waals surface area (Å²) in [6.45, 7) is 0. The van der Waals surface area contributed by atoms with Crippen LogP contribution in [-0.2, 0) is 11.2 Å². The molecule has 0 atom stereocenters. The average Bonchev–Trinajstić information content (AvgIpc) is 2.12. The zero-order chi connectivity index (χ0) is 11.6. The van der Waals surface area contributed by atoms with E-state index >= 15 is 0 Å². The molecular formula is C8H5ClF3NO2. The standard InChI is InChI=1S/C8H5ClF3NO2/c9-5-3(1-4(14)15)2-13-7(6(5)10)8(11)12/h2,8H,1H2,(H,14,15). The van der Waals surface area contributed by atoms with Crippen molar-refractivity contribution in [3.63, 3.8) is 0 Å². The number of halogens is 4. The lowest BCUT2D eigenvalue weighted by Crippen LogP contribution is -2.05. The van der Waals surface area contributed by atoms with Gasteiger partial charge in [0.15, 0.2) is 5.82 Å². The lowest BCUT2D eigenvalue weighted by atomic mass is 10.2. The lowest BCUT2D eigenvalue weighted by molar-refractivity contribution is -0.136. The summed E-state index contributed by atoms with van der Waals surface area (Å²) < 4.78 is 37.3. The third-order valence-electron chi connectivity index (χ3n) is 1.61. The van der Waals surface area contributed by atoms with Crippen LogP contribution in [0.1, 0.15) is 17.7 Å². The van der Waals surface area contributed by atoms with E-state index in [9.17, 15) is 18.0 Å². The zero-order valence-electron chi connectivity index (χ0n) is 7.18. The normalized spacial score (nSPS) is 10.7. The quantitative estimate of drug-likeness (QED) is 0.881. The molecule has 0 radical (unpaired) electrons. The van der Waals surface area contributed by atoms with Gasteiger partial charge in [-0.25, -0.2) is 13.2 Å². The van der Waals surface area contributed by atoms with Gasteiger partial charge in [-0.05, 0) is 0 Å². The van der Waals surface area contributed by atoms with Gasteiger partial charge in [0.05, 0.1) is 11.4 Å². The highest BCUT2D eigenvalue weighted by atomic mass is 35.5. The van der Waals surface area contributed by atoms with Crippen molar-refractivity contribution in [2.75, 3.05) is 0 Å². The molecular weight excluding hydrogens is 235 g/mol. The Bertz CT molecular complexity index is 398. The van der Waals surface area contributed by atoms with E-state index in [0.717, 1.165) is 6.20 Å². The molecule has 7 heteroatoms. The molecule has 1 heterocycles. The number of alkyl halides is 2. The van der Waals surface area contributed by atoms with Crippen LogP contribution in [-0.4, -0.2) is 16.1 Å². The second-order valence-electron chi connectivity index (χ2n) is 2.67. The second-order valence-corrected chi connectivity index (χ2v) is 3.05. The molecule has 0 spiro atoms. The van der Waals surface area contributed by atoms with Gasteiger partial charge in [-0.2, -0.15) is 0 Å². The molecule has 1 N–H and O–H groups in total. The van der Waals surface area contributed by atoms with E-state index in [4.69, 9.17) is 16.7 Å². The van der Waals surface area contributed by atoms with Crippen molar-refractivity contribution >= 4 is 17.6 Å². The minimum Gasteiger partial charge on any atom is -0.481 e. The fourth-order valence-electron chi connectivity index (χ4n) is 0.953. The van der Waals surface area contributed by atoms with Crippen LogP contribution in [0.15, 0.2) is 6.20 Å². The van der Waals surface area contributed by atoms with Crippen LogP contribution in [0.4, 0.5) is 13.2 Å². The second kappa shape index (κ2) is 4.48. The van der Waals surface area contributed by atoms with Crippen molar-refractivity contribution in [1.82, 2.24) is 4.98 Å². The largest absolute Gasteiger partial charge is 0.481 e. The van der Waals surface area contributed by atoms with E-state index in [2.05, 4.69) is 4.98 Å². The smallest absolute Gasteiger partial charge is 0.307 e. The maximum atomic E-state index is 13.1. The molecule has 0 amide bonds. The Morgan fingerprint density at radius 3 is 2.67 bits per heavy atom. The molecule has 0 aliphatic heterocycles. The van der Waals surface area contributed by atoms with Gasteiger partial charge < -0.3 is 5.11 Å². The van der Waals surface area contributed by atoms with Crippen LogP contribution < -0.4 is 0 Å². The monoisotopic (exact) mass is 239 g/mol. The first-order valence-corrected chi connectivity index (χ1v) is 4.14. The Labute approximate surface area is 87.5 Å². The van der Waals surface area contributed by atoms with Crippen LogP contribution in [0.2, 0.25) is 5.02 Å². The van der Waals surface area contributed by atoms with Gasteiger partial charge in [-0.3, -0.25) is 9.78 Å². The Kier molecular flexibility index (Phi) is 3.52. The molecule has 0 fully saturated rings. The zero-order valence-corrected chi connectivity index (χ0v) is 7.93. The van der Waals surface area contributed by atoms with Gasteiger partial charge in [0.1, 0.15) is 5.69 Å². The molecule has 0 unspecified atom stereocenters. The topological polar surface area (TPSA) is 50.2 Å². The highest BCUT2D eigenvalue weighted by molar-refractivity contribution is 6.31. The Balaban J connectivity index is 3.15. The van der Waals surface area contributed by atoms with Gasteiger partial charge in [0, 0.05) is 11.8 Å². The van der Waals surface area contributed by atoms with Crippen molar-refractivity contribution in [3.05, 3.63) is 28.3 Å². The van der Waals surface area contributed by atoms with Crippen molar-refractivity contribution in [2.24, 2.45) is 0 Å². The Hall–Kier alpha value is -1.30. The number of aromatic nitrogens is 1. The number of hydrogen-bond donors (Lipinski definition) is 1. The van der Waals surface area contributed by atoms with Gasteiger partial charge in [0.2, 0.25) is 0 Å². The molecule has 3 nitrogen and oxygen atoms in total. The molecule has 1 aromatic rings. The van der Waals surface area contributed by atoms with Gasteiger partial charge >= 0.3 is 5.97 Å². The Morgan fingerprint density at radius 2 is 2.20 bits per heavy atom. The summed E-state index contributed by atoms with van der Waals surface area (Å²) in [5.41, 5.74) is -1.21.